The Balaban J connectivity index is -0.00000338. The van der Waals surface area contributed by atoms with Gasteiger partial charge in [-0.1, -0.05) is 70.4 Å². The van der Waals surface area contributed by atoms with Crippen molar-refractivity contribution in [1.29, 1.82) is 0 Å². The van der Waals surface area contributed by atoms with Gasteiger partial charge in [-0.15, -0.1) is 5.06 Å². The third kappa shape index (κ3) is 23.0. The number of hydrogen-bond donors (Lipinski definition) is 2. The minimum absolute atomic E-state index is 0. The number of aliphatic hydroxyl groups excluding tert-OH is 2. The smallest absolute Gasteiger partial charge is 1.00 e. The summed E-state index contributed by atoms with van der Waals surface area (Å²) >= 11 is 0. The van der Waals surface area contributed by atoms with Crippen molar-refractivity contribution in [2.24, 2.45) is 0 Å². The Hall–Kier alpha value is 0.726. The van der Waals surface area contributed by atoms with E-state index in [1.807, 2.05) is 0 Å². The first-order valence-corrected chi connectivity index (χ1v) is 11.1. The Morgan fingerprint density at radius 1 is 0.821 bits per heavy atom. The predicted molar refractivity (Wildman–Crippen MR) is 112 cm³/mol. The maximum absolute atomic E-state index is 11.7. The number of carbonyl (C=O) groups is 1. The summed E-state index contributed by atoms with van der Waals surface area (Å²) in [6.45, 7) is 2.53. The molecular formula is C22H44KNO4. The summed E-state index contributed by atoms with van der Waals surface area (Å²) in [4.78, 5) is 16.8. The van der Waals surface area contributed by atoms with Crippen molar-refractivity contribution in [3.63, 3.8) is 0 Å². The second-order valence-electron chi connectivity index (χ2n) is 7.17. The molecule has 0 amide bonds. The average Bonchev–Trinajstić information content (AvgIpc) is 2.65. The average molecular weight is 426 g/mol. The van der Waals surface area contributed by atoms with Crippen LogP contribution in [0.1, 0.15) is 98.2 Å². The fraction of sp³-hybridized carbons (Fsp3) is 0.864. The van der Waals surface area contributed by atoms with E-state index < -0.39 is 0 Å². The first-order valence-electron chi connectivity index (χ1n) is 11.1. The zero-order valence-corrected chi connectivity index (χ0v) is 21.7. The molecule has 0 heterocycles. The fourth-order valence-electron chi connectivity index (χ4n) is 2.96. The molecule has 0 spiro atoms. The van der Waals surface area contributed by atoms with Crippen LogP contribution in [0, 0.1) is 0 Å². The molecule has 0 fully saturated rings. The van der Waals surface area contributed by atoms with Gasteiger partial charge < -0.3 is 16.5 Å². The van der Waals surface area contributed by atoms with Crippen LogP contribution in [0.2, 0.25) is 0 Å². The largest absolute Gasteiger partial charge is 1.00 e. The van der Waals surface area contributed by atoms with Crippen molar-refractivity contribution < 1.29 is 72.7 Å². The van der Waals surface area contributed by atoms with Gasteiger partial charge >= 0.3 is 57.4 Å². The molecule has 0 aromatic rings. The minimum atomic E-state index is -0.283. The quantitative estimate of drug-likeness (QED) is 0.135. The van der Waals surface area contributed by atoms with Crippen LogP contribution in [0.3, 0.4) is 0 Å². The van der Waals surface area contributed by atoms with E-state index in [9.17, 15) is 4.79 Å². The van der Waals surface area contributed by atoms with Crippen LogP contribution in [0.4, 0.5) is 0 Å². The molecule has 0 saturated heterocycles. The molecule has 2 N–H and O–H groups in total. The van der Waals surface area contributed by atoms with Gasteiger partial charge in [0.05, 0.1) is 26.3 Å². The van der Waals surface area contributed by atoms with Crippen molar-refractivity contribution in [2.75, 3.05) is 26.3 Å². The van der Waals surface area contributed by atoms with E-state index in [1.54, 1.807) is 0 Å². The summed E-state index contributed by atoms with van der Waals surface area (Å²) in [5.74, 6) is -0.283. The SMILES string of the molecule is CCCCCCCC/C=C\CCCCCCCC(=O)ON(CCO)CCO.[H-].[K+]. The molecule has 0 aromatic heterocycles. The third-order valence-electron chi connectivity index (χ3n) is 4.57. The molecule has 0 unspecified atom stereocenters. The van der Waals surface area contributed by atoms with Gasteiger partial charge in [-0.3, -0.25) is 4.79 Å². The van der Waals surface area contributed by atoms with Crippen LogP contribution in [0.5, 0.6) is 0 Å². The first-order chi connectivity index (χ1) is 13.2. The summed E-state index contributed by atoms with van der Waals surface area (Å²) in [6, 6.07) is 0. The number of aliphatic hydroxyl groups is 2. The van der Waals surface area contributed by atoms with E-state index >= 15 is 0 Å². The van der Waals surface area contributed by atoms with E-state index in [0.717, 1.165) is 25.7 Å². The summed E-state index contributed by atoms with van der Waals surface area (Å²) in [5, 5.41) is 19.1. The van der Waals surface area contributed by atoms with Crippen molar-refractivity contribution in [2.45, 2.75) is 96.8 Å². The topological polar surface area (TPSA) is 70.0 Å². The molecule has 0 aromatic carbocycles. The van der Waals surface area contributed by atoms with E-state index in [2.05, 4.69) is 19.1 Å². The van der Waals surface area contributed by atoms with Crippen LogP contribution >= 0.6 is 0 Å². The van der Waals surface area contributed by atoms with Gasteiger partial charge in [0, 0.05) is 6.42 Å². The fourth-order valence-corrected chi connectivity index (χ4v) is 2.96. The molecule has 162 valence electrons. The van der Waals surface area contributed by atoms with Crippen LogP contribution in [0.25, 0.3) is 0 Å². The van der Waals surface area contributed by atoms with E-state index in [4.69, 9.17) is 15.1 Å². The predicted octanol–water partition coefficient (Wildman–Crippen LogP) is 1.89. The molecule has 0 aliphatic rings. The van der Waals surface area contributed by atoms with Gasteiger partial charge in [-0.25, -0.2) is 0 Å². The number of hydroxylamine groups is 2. The van der Waals surface area contributed by atoms with Gasteiger partial charge in [0.1, 0.15) is 0 Å². The van der Waals surface area contributed by atoms with Gasteiger partial charge in [0.2, 0.25) is 0 Å². The number of unbranched alkanes of at least 4 members (excludes halogenated alkanes) is 11. The standard InChI is InChI=1S/C22H43NO4.K.H/c1-2-3-4-5-6-7-8-9-10-11-12-13-14-15-16-17-22(26)27-23(18-20-24)19-21-25;;/h9-10,24-25H,2-8,11-21H2,1H3;;/q;+1;-1/b10-9-;;. The molecule has 0 bridgehead atoms. The summed E-state index contributed by atoms with van der Waals surface area (Å²) in [5.41, 5.74) is 0. The summed E-state index contributed by atoms with van der Waals surface area (Å²) in [6.07, 6.45) is 21.0. The van der Waals surface area contributed by atoms with Gasteiger partial charge in [0.15, 0.2) is 0 Å². The van der Waals surface area contributed by atoms with E-state index in [1.165, 1.54) is 62.9 Å². The molecule has 6 heteroatoms. The molecule has 0 saturated carbocycles. The number of rotatable bonds is 20. The molecule has 0 radical (unpaired) electrons. The molecule has 0 aliphatic carbocycles. The van der Waals surface area contributed by atoms with Crippen molar-refractivity contribution >= 4 is 5.97 Å². The molecule has 5 nitrogen and oxygen atoms in total. The molecule has 0 rings (SSSR count). The Kier molecular flexibility index (Phi) is 28.4. The number of carbonyl (C=O) groups excluding carboxylic acids is 1. The van der Waals surface area contributed by atoms with Crippen LogP contribution in [-0.2, 0) is 9.63 Å². The maximum atomic E-state index is 11.7. The molecular weight excluding hydrogens is 381 g/mol. The third-order valence-corrected chi connectivity index (χ3v) is 4.57. The maximum Gasteiger partial charge on any atom is 1.00 e. The first kappa shape index (κ1) is 30.9. The minimum Gasteiger partial charge on any atom is -1.00 e. The van der Waals surface area contributed by atoms with Gasteiger partial charge in [0.25, 0.3) is 0 Å². The monoisotopic (exact) mass is 425 g/mol. The van der Waals surface area contributed by atoms with Crippen molar-refractivity contribution in [3.05, 3.63) is 12.2 Å². The second kappa shape index (κ2) is 25.8. The van der Waals surface area contributed by atoms with E-state index in [0.29, 0.717) is 6.42 Å². The molecule has 28 heavy (non-hydrogen) atoms. The molecule has 0 aliphatic heterocycles. The Morgan fingerprint density at radius 2 is 1.29 bits per heavy atom. The number of nitrogens with zero attached hydrogens (tertiary/aromatic N) is 1. The van der Waals surface area contributed by atoms with Crippen LogP contribution < -0.4 is 51.4 Å². The Labute approximate surface area is 217 Å². The zero-order valence-electron chi connectivity index (χ0n) is 19.5. The second-order valence-corrected chi connectivity index (χ2v) is 7.17. The summed E-state index contributed by atoms with van der Waals surface area (Å²) < 4.78 is 0. The molecule has 0 atom stereocenters. The van der Waals surface area contributed by atoms with Gasteiger partial charge in [-0.05, 0) is 32.1 Å². The summed E-state index contributed by atoms with van der Waals surface area (Å²) in [7, 11) is 0. The van der Waals surface area contributed by atoms with Crippen molar-refractivity contribution in [3.8, 4) is 0 Å². The zero-order chi connectivity index (χ0) is 20.0. The normalized spacial score (nSPS) is 11.1. The van der Waals surface area contributed by atoms with Crippen molar-refractivity contribution in [1.82, 2.24) is 5.06 Å². The number of hydrogen-bond acceptors (Lipinski definition) is 5. The Morgan fingerprint density at radius 3 is 1.79 bits per heavy atom. The van der Waals surface area contributed by atoms with Crippen LogP contribution in [0.15, 0.2) is 12.2 Å². The Bertz CT molecular complexity index is 354. The number of allylic oxidation sites excluding steroid dienone is 2. The van der Waals surface area contributed by atoms with Gasteiger partial charge in [-0.2, -0.15) is 0 Å². The van der Waals surface area contributed by atoms with E-state index in [-0.39, 0.29) is 85.1 Å². The van der Waals surface area contributed by atoms with Crippen LogP contribution in [-0.4, -0.2) is 47.5 Å².